The highest BCUT2D eigenvalue weighted by atomic mass is 16.5. The molecule has 0 saturated heterocycles. The Morgan fingerprint density at radius 3 is 1.22 bits per heavy atom. The summed E-state index contributed by atoms with van der Waals surface area (Å²) in [5.74, 6) is -4.64. The summed E-state index contributed by atoms with van der Waals surface area (Å²) >= 11 is 0. The van der Waals surface area contributed by atoms with Gasteiger partial charge in [-0.3, -0.25) is 0 Å². The van der Waals surface area contributed by atoms with Crippen molar-refractivity contribution in [3.63, 3.8) is 0 Å². The first-order valence-electron chi connectivity index (χ1n) is 10.7. The maximum atomic E-state index is 11.3. The van der Waals surface area contributed by atoms with E-state index < -0.39 is 58.9 Å². The number of nitrogens with zero attached hydrogens (tertiary/aromatic N) is 6. The Labute approximate surface area is 210 Å². The monoisotopic (exact) mass is 510 g/mol. The molecule has 2 N–H and O–H groups in total. The number of azo groups is 2. The van der Waals surface area contributed by atoms with Crippen LogP contribution in [-0.4, -0.2) is 71.5 Å². The molecule has 0 saturated carbocycles. The van der Waals surface area contributed by atoms with Crippen molar-refractivity contribution in [2.45, 2.75) is 77.5 Å². The van der Waals surface area contributed by atoms with Crippen molar-refractivity contribution in [3.8, 4) is 12.1 Å². The van der Waals surface area contributed by atoms with Crippen molar-refractivity contribution in [1.82, 2.24) is 0 Å². The van der Waals surface area contributed by atoms with E-state index in [1.165, 1.54) is 28.1 Å². The van der Waals surface area contributed by atoms with Crippen LogP contribution in [0.15, 0.2) is 20.5 Å². The summed E-state index contributed by atoms with van der Waals surface area (Å²) in [6, 6.07) is 1.23. The van der Waals surface area contributed by atoms with Gasteiger partial charge in [0.05, 0.1) is 26.4 Å². The average Bonchev–Trinajstić information content (AvgIpc) is 2.82. The largest absolute Gasteiger partial charge is 0.480 e. The average molecular weight is 511 g/mol. The Bertz CT molecular complexity index is 844. The Kier molecular flexibility index (Phi) is 15.1. The lowest BCUT2D eigenvalue weighted by Gasteiger charge is -2.19. The predicted octanol–water partition coefficient (Wildman–Crippen LogP) is 2.79. The number of ether oxygens (including phenoxy) is 2. The molecule has 0 amide bonds. The molecule has 200 valence electrons. The summed E-state index contributed by atoms with van der Waals surface area (Å²) in [5.41, 5.74) is -2.22. The third kappa shape index (κ3) is 13.1. The first kappa shape index (κ1) is 34.2. The number of carboxylic acid groups (broad SMARTS) is 2. The minimum Gasteiger partial charge on any atom is -0.480 e. The zero-order chi connectivity index (χ0) is 28.7. The lowest BCUT2D eigenvalue weighted by Crippen LogP contribution is -2.34. The van der Waals surface area contributed by atoms with E-state index >= 15 is 0 Å². The van der Waals surface area contributed by atoms with Crippen LogP contribution in [0.25, 0.3) is 0 Å². The number of hydrogen-bond acceptors (Lipinski definition) is 12. The van der Waals surface area contributed by atoms with Gasteiger partial charge in [0.25, 0.3) is 0 Å². The fourth-order valence-corrected chi connectivity index (χ4v) is 2.16. The second-order valence-corrected chi connectivity index (χ2v) is 8.77. The van der Waals surface area contributed by atoms with Gasteiger partial charge in [-0.15, -0.1) is 0 Å². The fraction of sp³-hybridized carbons (Fsp3) is 0.727. The third-order valence-corrected chi connectivity index (χ3v) is 4.43. The van der Waals surface area contributed by atoms with Crippen LogP contribution in [0, 0.1) is 34.5 Å². The van der Waals surface area contributed by atoms with Gasteiger partial charge >= 0.3 is 23.9 Å². The SMILES string of the molecule is CC(C#N)CC(N=NC(CC(C)C#N)C(=O)O)C(=O)O.COC(=O)C(C)(C)N=NC(C)(C)C(=O)OC. The zero-order valence-corrected chi connectivity index (χ0v) is 21.8. The molecule has 0 aromatic carbocycles. The highest BCUT2D eigenvalue weighted by Gasteiger charge is 2.33. The van der Waals surface area contributed by atoms with Crippen LogP contribution in [0.3, 0.4) is 0 Å². The van der Waals surface area contributed by atoms with Crippen LogP contribution in [-0.2, 0) is 28.7 Å². The molecule has 0 aromatic rings. The molecule has 0 spiro atoms. The molecule has 0 fully saturated rings. The Balaban J connectivity index is 0. The van der Waals surface area contributed by atoms with Gasteiger partial charge in [0.1, 0.15) is 0 Å². The summed E-state index contributed by atoms with van der Waals surface area (Å²) in [4.78, 5) is 44.5. The number of methoxy groups -OCH3 is 2. The number of carboxylic acids is 2. The predicted molar refractivity (Wildman–Crippen MR) is 124 cm³/mol. The van der Waals surface area contributed by atoms with Gasteiger partial charge in [-0.2, -0.15) is 31.0 Å². The minimum absolute atomic E-state index is 0.0462. The summed E-state index contributed by atoms with van der Waals surface area (Å²) in [6.45, 7) is 9.28. The van der Waals surface area contributed by atoms with Gasteiger partial charge in [-0.25, -0.2) is 19.2 Å². The molecule has 0 rings (SSSR count). The molecule has 4 atom stereocenters. The van der Waals surface area contributed by atoms with Crippen LogP contribution in [0.2, 0.25) is 0 Å². The highest BCUT2D eigenvalue weighted by molar-refractivity contribution is 5.81. The van der Waals surface area contributed by atoms with E-state index in [0.717, 1.165) is 0 Å². The van der Waals surface area contributed by atoms with Crippen LogP contribution in [0.1, 0.15) is 54.4 Å². The lowest BCUT2D eigenvalue weighted by molar-refractivity contribution is -0.148. The van der Waals surface area contributed by atoms with E-state index in [4.69, 9.17) is 20.7 Å². The topological polar surface area (TPSA) is 224 Å². The van der Waals surface area contributed by atoms with Crippen molar-refractivity contribution in [2.24, 2.45) is 32.3 Å². The molecular weight excluding hydrogens is 476 g/mol. The van der Waals surface area contributed by atoms with Gasteiger partial charge in [0.2, 0.25) is 0 Å². The van der Waals surface area contributed by atoms with Crippen LogP contribution in [0.4, 0.5) is 0 Å². The normalized spacial score (nSPS) is 14.8. The van der Waals surface area contributed by atoms with Gasteiger partial charge in [0.15, 0.2) is 23.2 Å². The minimum atomic E-state index is -1.27. The van der Waals surface area contributed by atoms with E-state index in [-0.39, 0.29) is 12.8 Å². The number of aliphatic carboxylic acids is 2. The Morgan fingerprint density at radius 2 is 1.03 bits per heavy atom. The molecule has 0 aliphatic carbocycles. The fourth-order valence-electron chi connectivity index (χ4n) is 2.16. The highest BCUT2D eigenvalue weighted by Crippen LogP contribution is 2.18. The Morgan fingerprint density at radius 1 is 0.750 bits per heavy atom. The molecule has 0 bridgehead atoms. The van der Waals surface area contributed by atoms with Crippen molar-refractivity contribution in [2.75, 3.05) is 14.2 Å². The molecule has 14 nitrogen and oxygen atoms in total. The second kappa shape index (κ2) is 15.9. The maximum Gasteiger partial charge on any atom is 0.335 e. The lowest BCUT2D eigenvalue weighted by atomic mass is 10.0. The van der Waals surface area contributed by atoms with E-state index in [9.17, 15) is 19.2 Å². The van der Waals surface area contributed by atoms with Crippen LogP contribution < -0.4 is 0 Å². The van der Waals surface area contributed by atoms with Crippen LogP contribution >= 0.6 is 0 Å². The molecule has 14 heteroatoms. The van der Waals surface area contributed by atoms with Gasteiger partial charge in [-0.1, -0.05) is 0 Å². The molecule has 36 heavy (non-hydrogen) atoms. The van der Waals surface area contributed by atoms with E-state index in [0.29, 0.717) is 0 Å². The van der Waals surface area contributed by atoms with Crippen LogP contribution in [0.5, 0.6) is 0 Å². The van der Waals surface area contributed by atoms with Crippen molar-refractivity contribution >= 4 is 23.9 Å². The molecule has 4 unspecified atom stereocenters. The van der Waals surface area contributed by atoms with E-state index in [1.807, 2.05) is 12.1 Å². The van der Waals surface area contributed by atoms with Gasteiger partial charge in [0, 0.05) is 11.8 Å². The smallest absolute Gasteiger partial charge is 0.335 e. The van der Waals surface area contributed by atoms with Crippen molar-refractivity contribution < 1.29 is 38.9 Å². The molecular formula is C22H34N6O8. The standard InChI is InChI=1S/C12H16N4O4.C10H18N2O4/c1-7(5-13)3-9(11(17)18)15-16-10(12(19)20)4-8(2)6-14;1-9(2,7(13)15-5)11-12-10(3,4)8(14)16-6/h7-10H,3-4H2,1-2H3,(H,17,18)(H,19,20);1-6H3. The zero-order valence-electron chi connectivity index (χ0n) is 21.8. The van der Waals surface area contributed by atoms with Gasteiger partial charge in [-0.05, 0) is 54.4 Å². The first-order chi connectivity index (χ1) is 16.5. The first-order valence-corrected chi connectivity index (χ1v) is 10.7. The van der Waals surface area contributed by atoms with Crippen molar-refractivity contribution in [1.29, 1.82) is 10.5 Å². The summed E-state index contributed by atoms with van der Waals surface area (Å²) in [5, 5.41) is 49.8. The van der Waals surface area contributed by atoms with E-state index in [2.05, 4.69) is 29.9 Å². The van der Waals surface area contributed by atoms with Crippen molar-refractivity contribution in [3.05, 3.63) is 0 Å². The molecule has 0 aromatic heterocycles. The number of carbonyl (C=O) groups is 4. The third-order valence-electron chi connectivity index (χ3n) is 4.43. The second-order valence-electron chi connectivity index (χ2n) is 8.77. The number of nitriles is 2. The number of rotatable bonds is 12. The summed E-state index contributed by atoms with van der Waals surface area (Å²) < 4.78 is 9.12. The molecule has 0 heterocycles. The molecule has 0 radical (unpaired) electrons. The molecule has 0 aliphatic rings. The molecule has 0 aliphatic heterocycles. The van der Waals surface area contributed by atoms with Gasteiger partial charge < -0.3 is 19.7 Å². The Hall–Kier alpha value is -3.94. The number of carbonyl (C=O) groups excluding carboxylic acids is 2. The maximum absolute atomic E-state index is 11.3. The number of esters is 2. The quantitative estimate of drug-likeness (QED) is 0.288. The summed E-state index contributed by atoms with van der Waals surface area (Å²) in [6.07, 6.45) is -0.0923. The number of hydrogen-bond donors (Lipinski definition) is 2. The van der Waals surface area contributed by atoms with E-state index in [1.54, 1.807) is 27.7 Å². The summed E-state index contributed by atoms with van der Waals surface area (Å²) in [7, 11) is 2.54.